The molecule has 0 amide bonds. The number of hydrogen-bond donors (Lipinski definition) is 1. The van der Waals surface area contributed by atoms with Crippen molar-refractivity contribution in [2.75, 3.05) is 18.0 Å². The third kappa shape index (κ3) is 2.96. The Balaban J connectivity index is 1.43. The van der Waals surface area contributed by atoms with Crippen molar-refractivity contribution in [3.63, 3.8) is 0 Å². The van der Waals surface area contributed by atoms with Crippen molar-refractivity contribution in [3.05, 3.63) is 58.1 Å². The van der Waals surface area contributed by atoms with Gasteiger partial charge in [0.2, 0.25) is 0 Å². The molecule has 0 radical (unpaired) electrons. The minimum absolute atomic E-state index is 0.00794. The van der Waals surface area contributed by atoms with Gasteiger partial charge in [0.25, 0.3) is 5.56 Å². The highest BCUT2D eigenvalue weighted by atomic mass is 16.1. The lowest BCUT2D eigenvalue weighted by atomic mass is 10.0. The number of aromatic nitrogens is 2. The average molecular weight is 324 g/mol. The molecule has 1 N–H and O–H groups in total. The van der Waals surface area contributed by atoms with E-state index in [9.17, 15) is 4.79 Å². The van der Waals surface area contributed by atoms with E-state index in [1.165, 1.54) is 11.1 Å². The number of hydrogen-bond acceptors (Lipinski definition) is 4. The number of aryl methyl sites for hydroxylation is 1. The van der Waals surface area contributed by atoms with Crippen LogP contribution in [0.15, 0.2) is 41.5 Å². The molecule has 1 aromatic heterocycles. The lowest BCUT2D eigenvalue weighted by molar-refractivity contribution is 0.376. The molecule has 0 spiro atoms. The SMILES string of the molecule is Cn1ccnc(N2CCC[C@H](NC3Cc4ccccc4C3)C2)c1=O. The summed E-state index contributed by atoms with van der Waals surface area (Å²) in [5.74, 6) is 0.584. The fourth-order valence-electron chi connectivity index (χ4n) is 4.02. The number of nitrogens with one attached hydrogen (secondary N) is 1. The molecule has 0 saturated carbocycles. The lowest BCUT2D eigenvalue weighted by Gasteiger charge is -2.35. The average Bonchev–Trinajstić information content (AvgIpc) is 3.00. The van der Waals surface area contributed by atoms with Crippen LogP contribution in [-0.2, 0) is 19.9 Å². The molecule has 5 heteroatoms. The summed E-state index contributed by atoms with van der Waals surface area (Å²) in [4.78, 5) is 18.8. The normalized spacial score (nSPS) is 21.0. The predicted octanol–water partition coefficient (Wildman–Crippen LogP) is 1.51. The van der Waals surface area contributed by atoms with Crippen LogP contribution in [0.4, 0.5) is 5.82 Å². The summed E-state index contributed by atoms with van der Waals surface area (Å²) >= 11 is 0. The van der Waals surface area contributed by atoms with Crippen molar-refractivity contribution in [3.8, 4) is 0 Å². The Kier molecular flexibility index (Phi) is 4.10. The standard InChI is InChI=1S/C19H24N4O/c1-22-10-8-20-18(19(22)24)23-9-4-7-16(13-23)21-17-11-14-5-2-3-6-15(14)12-17/h2-3,5-6,8,10,16-17,21H,4,7,9,11-13H2,1H3/t16-/m0/s1. The van der Waals surface area contributed by atoms with Crippen molar-refractivity contribution in [2.24, 2.45) is 7.05 Å². The van der Waals surface area contributed by atoms with Crippen molar-refractivity contribution in [1.82, 2.24) is 14.9 Å². The van der Waals surface area contributed by atoms with Gasteiger partial charge in [-0.15, -0.1) is 0 Å². The van der Waals surface area contributed by atoms with Crippen molar-refractivity contribution >= 4 is 5.82 Å². The highest BCUT2D eigenvalue weighted by molar-refractivity contribution is 5.37. The second-order valence-corrected chi connectivity index (χ2v) is 6.99. The van der Waals surface area contributed by atoms with Gasteiger partial charge in [-0.25, -0.2) is 4.98 Å². The van der Waals surface area contributed by atoms with E-state index in [4.69, 9.17) is 0 Å². The van der Waals surface area contributed by atoms with Crippen molar-refractivity contribution < 1.29 is 0 Å². The number of nitrogens with zero attached hydrogens (tertiary/aromatic N) is 3. The molecule has 2 heterocycles. The maximum absolute atomic E-state index is 12.3. The largest absolute Gasteiger partial charge is 0.350 e. The first-order valence-corrected chi connectivity index (χ1v) is 8.80. The van der Waals surface area contributed by atoms with Crippen molar-refractivity contribution in [1.29, 1.82) is 0 Å². The van der Waals surface area contributed by atoms with E-state index in [1.807, 2.05) is 0 Å². The molecule has 1 atom stereocenters. The second-order valence-electron chi connectivity index (χ2n) is 6.99. The molecule has 1 saturated heterocycles. The van der Waals surface area contributed by atoms with Gasteiger partial charge in [-0.05, 0) is 36.8 Å². The quantitative estimate of drug-likeness (QED) is 0.930. The number of benzene rings is 1. The third-order valence-corrected chi connectivity index (χ3v) is 5.24. The molecular weight excluding hydrogens is 300 g/mol. The third-order valence-electron chi connectivity index (χ3n) is 5.24. The van der Waals surface area contributed by atoms with E-state index in [0.29, 0.717) is 17.9 Å². The Hall–Kier alpha value is -2.14. The molecule has 1 aliphatic carbocycles. The maximum atomic E-state index is 12.3. The smallest absolute Gasteiger partial charge is 0.293 e. The van der Waals surface area contributed by atoms with E-state index in [2.05, 4.69) is 39.5 Å². The van der Waals surface area contributed by atoms with E-state index in [-0.39, 0.29) is 5.56 Å². The zero-order chi connectivity index (χ0) is 16.5. The molecule has 1 aromatic carbocycles. The van der Waals surface area contributed by atoms with Crippen LogP contribution in [0.25, 0.3) is 0 Å². The number of anilines is 1. The van der Waals surface area contributed by atoms with Crippen LogP contribution < -0.4 is 15.8 Å². The first-order chi connectivity index (χ1) is 11.7. The van der Waals surface area contributed by atoms with Crippen LogP contribution in [0.5, 0.6) is 0 Å². The van der Waals surface area contributed by atoms with Crippen LogP contribution in [0.2, 0.25) is 0 Å². The zero-order valence-corrected chi connectivity index (χ0v) is 14.1. The summed E-state index contributed by atoms with van der Waals surface area (Å²) in [5.41, 5.74) is 2.94. The van der Waals surface area contributed by atoms with E-state index >= 15 is 0 Å². The molecule has 2 aliphatic rings. The van der Waals surface area contributed by atoms with E-state index in [0.717, 1.165) is 38.8 Å². The first-order valence-electron chi connectivity index (χ1n) is 8.80. The molecular formula is C19H24N4O. The summed E-state index contributed by atoms with van der Waals surface area (Å²) in [6.45, 7) is 1.77. The maximum Gasteiger partial charge on any atom is 0.293 e. The van der Waals surface area contributed by atoms with Gasteiger partial charge < -0.3 is 14.8 Å². The summed E-state index contributed by atoms with van der Waals surface area (Å²) in [5, 5.41) is 3.82. The fraction of sp³-hybridized carbons (Fsp3) is 0.474. The lowest BCUT2D eigenvalue weighted by Crippen LogP contribution is -2.51. The minimum Gasteiger partial charge on any atom is -0.350 e. The molecule has 1 fully saturated rings. The predicted molar refractivity (Wildman–Crippen MR) is 95.5 cm³/mol. The van der Waals surface area contributed by atoms with Crippen LogP contribution >= 0.6 is 0 Å². The summed E-state index contributed by atoms with van der Waals surface area (Å²) in [6, 6.07) is 9.66. The molecule has 24 heavy (non-hydrogen) atoms. The Morgan fingerprint density at radius 1 is 1.17 bits per heavy atom. The Bertz CT molecular complexity index is 760. The van der Waals surface area contributed by atoms with Gasteiger partial charge in [0.1, 0.15) is 0 Å². The van der Waals surface area contributed by atoms with Gasteiger partial charge in [-0.3, -0.25) is 4.79 Å². The highest BCUT2D eigenvalue weighted by Gasteiger charge is 2.27. The van der Waals surface area contributed by atoms with Crippen molar-refractivity contribution in [2.45, 2.75) is 37.8 Å². The fourth-order valence-corrected chi connectivity index (χ4v) is 4.02. The number of fused-ring (bicyclic) bond motifs is 1. The van der Waals surface area contributed by atoms with Gasteiger partial charge in [-0.2, -0.15) is 0 Å². The van der Waals surface area contributed by atoms with E-state index < -0.39 is 0 Å². The van der Waals surface area contributed by atoms with Crippen LogP contribution in [0.3, 0.4) is 0 Å². The molecule has 1 aliphatic heterocycles. The van der Waals surface area contributed by atoms with Gasteiger partial charge in [0, 0.05) is 44.6 Å². The molecule has 0 bridgehead atoms. The van der Waals surface area contributed by atoms with Gasteiger partial charge in [0.15, 0.2) is 5.82 Å². The molecule has 5 nitrogen and oxygen atoms in total. The van der Waals surface area contributed by atoms with E-state index in [1.54, 1.807) is 24.0 Å². The minimum atomic E-state index is -0.00794. The highest BCUT2D eigenvalue weighted by Crippen LogP contribution is 2.23. The molecule has 126 valence electrons. The Morgan fingerprint density at radius 2 is 1.92 bits per heavy atom. The van der Waals surface area contributed by atoms with Gasteiger partial charge in [0.05, 0.1) is 0 Å². The summed E-state index contributed by atoms with van der Waals surface area (Å²) < 4.78 is 1.60. The first kappa shape index (κ1) is 15.4. The second kappa shape index (κ2) is 6.40. The van der Waals surface area contributed by atoms with Crippen LogP contribution in [0, 0.1) is 0 Å². The molecule has 0 unspecified atom stereocenters. The number of piperidine rings is 1. The van der Waals surface area contributed by atoms with Gasteiger partial charge >= 0.3 is 0 Å². The summed E-state index contributed by atoms with van der Waals surface area (Å²) in [7, 11) is 1.78. The molecule has 4 rings (SSSR count). The zero-order valence-electron chi connectivity index (χ0n) is 14.1. The topological polar surface area (TPSA) is 50.2 Å². The Morgan fingerprint density at radius 3 is 2.67 bits per heavy atom. The number of rotatable bonds is 3. The monoisotopic (exact) mass is 324 g/mol. The van der Waals surface area contributed by atoms with Crippen LogP contribution in [0.1, 0.15) is 24.0 Å². The Labute approximate surface area is 142 Å². The summed E-state index contributed by atoms with van der Waals surface area (Å²) in [6.07, 6.45) is 7.90. The van der Waals surface area contributed by atoms with Crippen LogP contribution in [-0.4, -0.2) is 34.7 Å². The molecule has 2 aromatic rings. The van der Waals surface area contributed by atoms with Gasteiger partial charge in [-0.1, -0.05) is 24.3 Å².